The highest BCUT2D eigenvalue weighted by Gasteiger charge is 2.38. The van der Waals surface area contributed by atoms with Gasteiger partial charge in [-0.05, 0) is 30.9 Å². The summed E-state index contributed by atoms with van der Waals surface area (Å²) in [7, 11) is 1.64. The van der Waals surface area contributed by atoms with Gasteiger partial charge in [-0.2, -0.15) is 13.2 Å². The third-order valence-corrected chi connectivity index (χ3v) is 2.50. The summed E-state index contributed by atoms with van der Waals surface area (Å²) in [6.45, 7) is 3.46. The molecule has 0 aliphatic heterocycles. The van der Waals surface area contributed by atoms with E-state index in [1.165, 1.54) is 6.08 Å². The first-order valence-electron chi connectivity index (χ1n) is 4.52. The highest BCUT2D eigenvalue weighted by atomic mass is 19.4. The minimum atomic E-state index is -4.21. The summed E-state index contributed by atoms with van der Waals surface area (Å²) in [5.41, 5.74) is 1.14. The van der Waals surface area contributed by atoms with Gasteiger partial charge in [0, 0.05) is 18.3 Å². The van der Waals surface area contributed by atoms with E-state index < -0.39 is 17.7 Å². The maximum absolute atomic E-state index is 12.5. The molecular formula is C10H14F3N. The zero-order chi connectivity index (χ0) is 10.9. The average Bonchev–Trinajstić information content (AvgIpc) is 2.02. The van der Waals surface area contributed by atoms with Crippen molar-refractivity contribution in [3.8, 4) is 0 Å². The Morgan fingerprint density at radius 1 is 1.43 bits per heavy atom. The van der Waals surface area contributed by atoms with E-state index in [0.29, 0.717) is 12.1 Å². The average molecular weight is 205 g/mol. The van der Waals surface area contributed by atoms with Crippen molar-refractivity contribution in [1.29, 1.82) is 0 Å². The number of allylic oxidation sites excluding steroid dienone is 3. The van der Waals surface area contributed by atoms with Crippen LogP contribution in [0.1, 0.15) is 20.3 Å². The Labute approximate surface area is 81.7 Å². The molecule has 0 fully saturated rings. The Hall–Kier alpha value is -0.930. The standard InChI is InChI=1S/C10H14F3N/c1-6-4-7(2)9(14-3)5-8(6)10(11,12)13/h5-6,14H,4H2,1-3H3. The summed E-state index contributed by atoms with van der Waals surface area (Å²) in [6.07, 6.45) is -2.52. The molecule has 1 nitrogen and oxygen atoms in total. The van der Waals surface area contributed by atoms with Crippen molar-refractivity contribution in [3.63, 3.8) is 0 Å². The molecule has 1 rings (SSSR count). The van der Waals surface area contributed by atoms with Gasteiger partial charge in [0.25, 0.3) is 0 Å². The van der Waals surface area contributed by atoms with E-state index >= 15 is 0 Å². The molecule has 0 amide bonds. The summed E-state index contributed by atoms with van der Waals surface area (Å²) in [5.74, 6) is -0.438. The highest BCUT2D eigenvalue weighted by molar-refractivity contribution is 5.34. The van der Waals surface area contributed by atoms with Gasteiger partial charge in [0.15, 0.2) is 0 Å². The lowest BCUT2D eigenvalue weighted by Gasteiger charge is -2.25. The summed E-state index contributed by atoms with van der Waals surface area (Å²) in [5, 5.41) is 2.78. The summed E-state index contributed by atoms with van der Waals surface area (Å²) >= 11 is 0. The van der Waals surface area contributed by atoms with Crippen molar-refractivity contribution < 1.29 is 13.2 Å². The van der Waals surface area contributed by atoms with Crippen molar-refractivity contribution in [2.75, 3.05) is 7.05 Å². The third-order valence-electron chi connectivity index (χ3n) is 2.50. The normalized spacial score (nSPS) is 23.6. The molecule has 1 N–H and O–H groups in total. The predicted octanol–water partition coefficient (Wildman–Crippen LogP) is 3.01. The van der Waals surface area contributed by atoms with E-state index in [1.807, 2.05) is 6.92 Å². The maximum Gasteiger partial charge on any atom is 0.413 e. The SMILES string of the molecule is CNC1=C(C)CC(C)C(C(F)(F)F)=C1. The smallest absolute Gasteiger partial charge is 0.388 e. The molecule has 0 aromatic carbocycles. The molecule has 0 saturated carbocycles. The molecule has 0 bridgehead atoms. The Balaban J connectivity index is 3.06. The number of nitrogens with one attached hydrogen (secondary N) is 1. The van der Waals surface area contributed by atoms with E-state index in [-0.39, 0.29) is 0 Å². The first-order chi connectivity index (χ1) is 6.36. The fourth-order valence-corrected chi connectivity index (χ4v) is 1.75. The van der Waals surface area contributed by atoms with Gasteiger partial charge in [0.05, 0.1) is 0 Å². The molecule has 1 unspecified atom stereocenters. The van der Waals surface area contributed by atoms with E-state index in [2.05, 4.69) is 5.32 Å². The first-order valence-corrected chi connectivity index (χ1v) is 4.52. The summed E-state index contributed by atoms with van der Waals surface area (Å²) in [4.78, 5) is 0. The largest absolute Gasteiger partial charge is 0.413 e. The second-order valence-electron chi connectivity index (χ2n) is 3.65. The van der Waals surface area contributed by atoms with Crippen molar-refractivity contribution >= 4 is 0 Å². The maximum atomic E-state index is 12.5. The van der Waals surface area contributed by atoms with Crippen LogP contribution in [0, 0.1) is 5.92 Å². The zero-order valence-electron chi connectivity index (χ0n) is 8.50. The van der Waals surface area contributed by atoms with E-state index in [4.69, 9.17) is 0 Å². The molecule has 0 saturated heterocycles. The summed E-state index contributed by atoms with van der Waals surface area (Å²) < 4.78 is 37.5. The molecule has 0 spiro atoms. The zero-order valence-corrected chi connectivity index (χ0v) is 8.50. The summed E-state index contributed by atoms with van der Waals surface area (Å²) in [6, 6.07) is 0. The van der Waals surface area contributed by atoms with Gasteiger partial charge >= 0.3 is 6.18 Å². The third kappa shape index (κ3) is 2.11. The quantitative estimate of drug-likeness (QED) is 0.693. The van der Waals surface area contributed by atoms with E-state index in [1.54, 1.807) is 14.0 Å². The molecular weight excluding hydrogens is 191 g/mol. The van der Waals surface area contributed by atoms with Crippen LogP contribution in [-0.2, 0) is 0 Å². The molecule has 0 aromatic heterocycles. The van der Waals surface area contributed by atoms with Gasteiger partial charge < -0.3 is 5.32 Å². The number of hydrogen-bond acceptors (Lipinski definition) is 1. The van der Waals surface area contributed by atoms with Crippen LogP contribution in [0.25, 0.3) is 0 Å². The molecule has 0 heterocycles. The molecule has 4 heteroatoms. The lowest BCUT2D eigenvalue weighted by atomic mass is 9.87. The van der Waals surface area contributed by atoms with E-state index in [0.717, 1.165) is 5.57 Å². The van der Waals surface area contributed by atoms with Crippen LogP contribution in [0.2, 0.25) is 0 Å². The Morgan fingerprint density at radius 2 is 2.00 bits per heavy atom. The molecule has 1 aliphatic rings. The lowest BCUT2D eigenvalue weighted by Crippen LogP contribution is -2.24. The van der Waals surface area contributed by atoms with Crippen LogP contribution >= 0.6 is 0 Å². The predicted molar refractivity (Wildman–Crippen MR) is 49.7 cm³/mol. The fourth-order valence-electron chi connectivity index (χ4n) is 1.75. The van der Waals surface area contributed by atoms with Gasteiger partial charge in [-0.1, -0.05) is 6.92 Å². The van der Waals surface area contributed by atoms with Crippen LogP contribution in [0.4, 0.5) is 13.2 Å². The van der Waals surface area contributed by atoms with Gasteiger partial charge in [-0.25, -0.2) is 0 Å². The molecule has 1 atom stereocenters. The number of rotatable bonds is 1. The van der Waals surface area contributed by atoms with Crippen molar-refractivity contribution in [2.45, 2.75) is 26.4 Å². The Bertz CT molecular complexity index is 286. The van der Waals surface area contributed by atoms with Crippen LogP contribution in [0.3, 0.4) is 0 Å². The van der Waals surface area contributed by atoms with Gasteiger partial charge in [-0.15, -0.1) is 0 Å². The molecule has 14 heavy (non-hydrogen) atoms. The Morgan fingerprint density at radius 3 is 2.43 bits per heavy atom. The lowest BCUT2D eigenvalue weighted by molar-refractivity contribution is -0.0986. The molecule has 1 aliphatic carbocycles. The van der Waals surface area contributed by atoms with E-state index in [9.17, 15) is 13.2 Å². The van der Waals surface area contributed by atoms with Gasteiger partial charge in [-0.3, -0.25) is 0 Å². The molecule has 0 aromatic rings. The molecule has 80 valence electrons. The number of hydrogen-bond donors (Lipinski definition) is 1. The number of likely N-dealkylation sites (N-methyl/N-ethyl adjacent to an activating group) is 1. The number of halogens is 3. The topological polar surface area (TPSA) is 12.0 Å². The number of alkyl halides is 3. The van der Waals surface area contributed by atoms with Crippen LogP contribution in [0.15, 0.2) is 22.9 Å². The monoisotopic (exact) mass is 205 g/mol. The van der Waals surface area contributed by atoms with Crippen molar-refractivity contribution in [3.05, 3.63) is 22.9 Å². The van der Waals surface area contributed by atoms with Crippen molar-refractivity contribution in [2.24, 2.45) is 5.92 Å². The minimum absolute atomic E-state index is 0.438. The fraction of sp³-hybridized carbons (Fsp3) is 0.600. The highest BCUT2D eigenvalue weighted by Crippen LogP contribution is 2.38. The Kier molecular flexibility index (Phi) is 2.92. The van der Waals surface area contributed by atoms with Crippen LogP contribution in [0.5, 0.6) is 0 Å². The van der Waals surface area contributed by atoms with Gasteiger partial charge in [0.2, 0.25) is 0 Å². The minimum Gasteiger partial charge on any atom is -0.388 e. The van der Waals surface area contributed by atoms with Gasteiger partial charge in [0.1, 0.15) is 0 Å². The second-order valence-corrected chi connectivity index (χ2v) is 3.65. The van der Waals surface area contributed by atoms with Crippen LogP contribution in [-0.4, -0.2) is 13.2 Å². The second kappa shape index (κ2) is 3.67. The first kappa shape index (κ1) is 11.1. The molecule has 0 radical (unpaired) electrons. The van der Waals surface area contributed by atoms with Crippen molar-refractivity contribution in [1.82, 2.24) is 5.32 Å². The van der Waals surface area contributed by atoms with Crippen LogP contribution < -0.4 is 5.32 Å².